The van der Waals surface area contributed by atoms with Gasteiger partial charge in [-0.25, -0.2) is 4.39 Å². The molecule has 0 amide bonds. The van der Waals surface area contributed by atoms with Gasteiger partial charge in [0.2, 0.25) is 0 Å². The fourth-order valence-electron chi connectivity index (χ4n) is 1.16. The summed E-state index contributed by atoms with van der Waals surface area (Å²) in [7, 11) is 0. The van der Waals surface area contributed by atoms with E-state index in [2.05, 4.69) is 5.32 Å². The average molecular weight is 177 g/mol. The van der Waals surface area contributed by atoms with Gasteiger partial charge in [-0.3, -0.25) is 10.1 Å². The van der Waals surface area contributed by atoms with Crippen molar-refractivity contribution in [3.63, 3.8) is 0 Å². The zero-order valence-electron chi connectivity index (χ0n) is 7.56. The SMILES string of the molecule is CCC(CC)(NCCF)C(=O)O. The minimum atomic E-state index is -0.938. The number of carbonyl (C=O) groups is 1. The van der Waals surface area contributed by atoms with Gasteiger partial charge in [-0.05, 0) is 12.8 Å². The molecular formula is C8H16FNO2. The van der Waals surface area contributed by atoms with Gasteiger partial charge in [-0.1, -0.05) is 13.8 Å². The van der Waals surface area contributed by atoms with Gasteiger partial charge in [-0.2, -0.15) is 0 Å². The van der Waals surface area contributed by atoms with E-state index in [1.54, 1.807) is 13.8 Å². The highest BCUT2D eigenvalue weighted by molar-refractivity contribution is 5.78. The molecule has 0 unspecified atom stereocenters. The average Bonchev–Trinajstić information content (AvgIpc) is 2.07. The minimum absolute atomic E-state index is 0.105. The topological polar surface area (TPSA) is 49.3 Å². The van der Waals surface area contributed by atoms with Gasteiger partial charge in [0.15, 0.2) is 0 Å². The molecule has 12 heavy (non-hydrogen) atoms. The van der Waals surface area contributed by atoms with Crippen LogP contribution in [0.1, 0.15) is 26.7 Å². The fraction of sp³-hybridized carbons (Fsp3) is 0.875. The van der Waals surface area contributed by atoms with Crippen LogP contribution < -0.4 is 5.32 Å². The minimum Gasteiger partial charge on any atom is -0.480 e. The van der Waals surface area contributed by atoms with Gasteiger partial charge in [-0.15, -0.1) is 0 Å². The van der Waals surface area contributed by atoms with Crippen molar-refractivity contribution in [3.8, 4) is 0 Å². The molecule has 0 fully saturated rings. The van der Waals surface area contributed by atoms with Gasteiger partial charge in [0, 0.05) is 6.54 Å². The van der Waals surface area contributed by atoms with Crippen LogP contribution in [0, 0.1) is 0 Å². The Balaban J connectivity index is 4.25. The van der Waals surface area contributed by atoms with Crippen LogP contribution in [0.4, 0.5) is 4.39 Å². The van der Waals surface area contributed by atoms with Crippen molar-refractivity contribution in [1.29, 1.82) is 0 Å². The van der Waals surface area contributed by atoms with E-state index in [0.29, 0.717) is 12.8 Å². The second-order valence-electron chi connectivity index (χ2n) is 2.71. The molecule has 0 aliphatic heterocycles. The highest BCUT2D eigenvalue weighted by Gasteiger charge is 2.33. The number of aliphatic carboxylic acids is 1. The molecule has 0 radical (unpaired) electrons. The van der Waals surface area contributed by atoms with Gasteiger partial charge in [0.05, 0.1) is 0 Å². The zero-order valence-corrected chi connectivity index (χ0v) is 7.56. The van der Waals surface area contributed by atoms with E-state index in [1.165, 1.54) is 0 Å². The molecule has 0 aromatic carbocycles. The first-order valence-electron chi connectivity index (χ1n) is 4.17. The molecule has 0 bridgehead atoms. The van der Waals surface area contributed by atoms with E-state index in [1.807, 2.05) is 0 Å². The first-order valence-corrected chi connectivity index (χ1v) is 4.17. The molecular weight excluding hydrogens is 161 g/mol. The first kappa shape index (κ1) is 11.4. The van der Waals surface area contributed by atoms with E-state index < -0.39 is 18.2 Å². The Morgan fingerprint density at radius 2 is 2.00 bits per heavy atom. The zero-order chi connectivity index (χ0) is 9.61. The summed E-state index contributed by atoms with van der Waals surface area (Å²) in [5.74, 6) is -0.902. The molecule has 3 nitrogen and oxygen atoms in total. The van der Waals surface area contributed by atoms with Crippen molar-refractivity contribution in [3.05, 3.63) is 0 Å². The molecule has 0 rings (SSSR count). The molecule has 0 saturated carbocycles. The van der Waals surface area contributed by atoms with Crippen LogP contribution in [-0.2, 0) is 4.79 Å². The van der Waals surface area contributed by atoms with Crippen LogP contribution in [0.3, 0.4) is 0 Å². The third-order valence-electron chi connectivity index (χ3n) is 2.17. The number of alkyl halides is 1. The Morgan fingerprint density at radius 1 is 1.50 bits per heavy atom. The summed E-state index contributed by atoms with van der Waals surface area (Å²) in [4.78, 5) is 10.8. The molecule has 0 atom stereocenters. The maximum absolute atomic E-state index is 11.8. The lowest BCUT2D eigenvalue weighted by molar-refractivity contribution is -0.145. The monoisotopic (exact) mass is 177 g/mol. The summed E-state index contributed by atoms with van der Waals surface area (Å²) in [6.07, 6.45) is 0.942. The number of halogens is 1. The summed E-state index contributed by atoms with van der Waals surface area (Å²) >= 11 is 0. The predicted molar refractivity (Wildman–Crippen MR) is 44.9 cm³/mol. The van der Waals surface area contributed by atoms with Crippen LogP contribution in [0.5, 0.6) is 0 Å². The molecule has 2 N–H and O–H groups in total. The first-order chi connectivity index (χ1) is 5.63. The summed E-state index contributed by atoms with van der Waals surface area (Å²) in [6, 6.07) is 0. The fourth-order valence-corrected chi connectivity index (χ4v) is 1.16. The molecule has 0 aliphatic carbocycles. The smallest absolute Gasteiger partial charge is 0.323 e. The quantitative estimate of drug-likeness (QED) is 0.640. The maximum atomic E-state index is 11.8. The third-order valence-corrected chi connectivity index (χ3v) is 2.17. The van der Waals surface area contributed by atoms with E-state index in [4.69, 9.17) is 5.11 Å². The van der Waals surface area contributed by atoms with Crippen LogP contribution >= 0.6 is 0 Å². The molecule has 0 spiro atoms. The maximum Gasteiger partial charge on any atom is 0.323 e. The van der Waals surface area contributed by atoms with Crippen molar-refractivity contribution >= 4 is 5.97 Å². The van der Waals surface area contributed by atoms with Crippen molar-refractivity contribution in [2.24, 2.45) is 0 Å². The Labute approximate surface area is 72.0 Å². The van der Waals surface area contributed by atoms with E-state index in [-0.39, 0.29) is 6.54 Å². The molecule has 72 valence electrons. The third kappa shape index (κ3) is 2.44. The Kier molecular flexibility index (Phi) is 4.81. The molecule has 0 heterocycles. The Morgan fingerprint density at radius 3 is 2.25 bits per heavy atom. The van der Waals surface area contributed by atoms with Gasteiger partial charge >= 0.3 is 5.97 Å². The van der Waals surface area contributed by atoms with E-state index in [9.17, 15) is 9.18 Å². The van der Waals surface area contributed by atoms with Crippen molar-refractivity contribution < 1.29 is 14.3 Å². The van der Waals surface area contributed by atoms with Crippen LogP contribution in [-0.4, -0.2) is 29.8 Å². The number of hydrogen-bond acceptors (Lipinski definition) is 2. The lowest BCUT2D eigenvalue weighted by atomic mass is 9.93. The van der Waals surface area contributed by atoms with Crippen molar-refractivity contribution in [2.75, 3.05) is 13.2 Å². The van der Waals surface area contributed by atoms with Crippen LogP contribution in [0.15, 0.2) is 0 Å². The number of hydrogen-bond donors (Lipinski definition) is 2. The molecule has 0 aromatic heterocycles. The number of nitrogens with one attached hydrogen (secondary N) is 1. The summed E-state index contributed by atoms with van der Waals surface area (Å²) < 4.78 is 11.8. The normalized spacial score (nSPS) is 11.6. The molecule has 0 aromatic rings. The highest BCUT2D eigenvalue weighted by atomic mass is 19.1. The van der Waals surface area contributed by atoms with Crippen LogP contribution in [0.25, 0.3) is 0 Å². The van der Waals surface area contributed by atoms with Gasteiger partial charge in [0.1, 0.15) is 12.2 Å². The highest BCUT2D eigenvalue weighted by Crippen LogP contribution is 2.14. The Bertz CT molecular complexity index is 146. The lowest BCUT2D eigenvalue weighted by Crippen LogP contribution is -2.51. The second-order valence-corrected chi connectivity index (χ2v) is 2.71. The van der Waals surface area contributed by atoms with Crippen molar-refractivity contribution in [1.82, 2.24) is 5.32 Å². The van der Waals surface area contributed by atoms with Crippen molar-refractivity contribution in [2.45, 2.75) is 32.2 Å². The molecule has 4 heteroatoms. The summed E-state index contributed by atoms with van der Waals surface area (Å²) in [6.45, 7) is 3.13. The summed E-state index contributed by atoms with van der Waals surface area (Å²) in [5.41, 5.74) is -0.938. The number of carboxylic acid groups (broad SMARTS) is 1. The Hall–Kier alpha value is -0.640. The largest absolute Gasteiger partial charge is 0.480 e. The standard InChI is InChI=1S/C8H16FNO2/c1-3-8(4-2,7(11)12)10-6-5-9/h10H,3-6H2,1-2H3,(H,11,12). The van der Waals surface area contributed by atoms with Crippen LogP contribution in [0.2, 0.25) is 0 Å². The predicted octanol–water partition coefficient (Wildman–Crippen LogP) is 1.19. The molecule has 0 saturated heterocycles. The van der Waals surface area contributed by atoms with E-state index in [0.717, 1.165) is 0 Å². The number of rotatable bonds is 6. The van der Waals surface area contributed by atoms with Gasteiger partial charge < -0.3 is 5.11 Å². The molecule has 0 aliphatic rings. The van der Waals surface area contributed by atoms with Gasteiger partial charge in [0.25, 0.3) is 0 Å². The second kappa shape index (κ2) is 5.09. The lowest BCUT2D eigenvalue weighted by Gasteiger charge is -2.27. The summed E-state index contributed by atoms with van der Waals surface area (Å²) in [5, 5.41) is 11.6. The van der Waals surface area contributed by atoms with E-state index >= 15 is 0 Å². The number of carboxylic acids is 1.